The highest BCUT2D eigenvalue weighted by atomic mass is 79.9. The van der Waals surface area contributed by atoms with Crippen LogP contribution in [-0.2, 0) is 4.33 Å². The maximum atomic E-state index is 6.61. The van der Waals surface area contributed by atoms with E-state index in [1.165, 1.54) is 0 Å². The van der Waals surface area contributed by atoms with Crippen molar-refractivity contribution in [3.63, 3.8) is 0 Å². The van der Waals surface area contributed by atoms with Crippen LogP contribution in [0.2, 0.25) is 0 Å². The van der Waals surface area contributed by atoms with Crippen molar-refractivity contribution in [1.29, 1.82) is 0 Å². The van der Waals surface area contributed by atoms with Crippen molar-refractivity contribution in [2.75, 3.05) is 0 Å². The Morgan fingerprint density at radius 1 is 0.789 bits per heavy atom. The zero-order chi connectivity index (χ0) is 14.2. The van der Waals surface area contributed by atoms with Crippen LogP contribution in [0, 0.1) is 13.8 Å². The first-order valence-electron chi connectivity index (χ1n) is 5.73. The first-order chi connectivity index (χ1) is 8.82. The number of hydrogen-bond acceptors (Lipinski definition) is 0. The number of aryl methyl sites for hydroxylation is 2. The molecule has 0 atom stereocenters. The number of alkyl halides is 2. The molecule has 0 radical (unpaired) electrons. The molecule has 2 rings (SSSR count). The quantitative estimate of drug-likeness (QED) is 0.484. The number of rotatable bonds is 2. The Kier molecular flexibility index (Phi) is 4.67. The fourth-order valence-electron chi connectivity index (χ4n) is 1.89. The third-order valence-corrected chi connectivity index (χ3v) is 5.05. The lowest BCUT2D eigenvalue weighted by Crippen LogP contribution is -2.14. The molecule has 0 nitrogen and oxygen atoms in total. The van der Waals surface area contributed by atoms with E-state index in [2.05, 4.69) is 31.9 Å². The zero-order valence-corrected chi connectivity index (χ0v) is 15.2. The van der Waals surface area contributed by atoms with Crippen LogP contribution in [0.1, 0.15) is 22.3 Å². The predicted molar refractivity (Wildman–Crippen MR) is 90.2 cm³/mol. The third-order valence-electron chi connectivity index (χ3n) is 2.93. The average molecular weight is 423 g/mol. The minimum absolute atomic E-state index is 0.839. The van der Waals surface area contributed by atoms with Gasteiger partial charge in [-0.25, -0.2) is 0 Å². The molecule has 0 heterocycles. The Labute approximate surface area is 140 Å². The van der Waals surface area contributed by atoms with Gasteiger partial charge in [0.1, 0.15) is 0 Å². The topological polar surface area (TPSA) is 0 Å². The number of hydrogen-bond donors (Lipinski definition) is 0. The van der Waals surface area contributed by atoms with Crippen LogP contribution in [0.25, 0.3) is 0 Å². The molecule has 2 aromatic rings. The lowest BCUT2D eigenvalue weighted by molar-refractivity contribution is 1.01. The van der Waals surface area contributed by atoms with Gasteiger partial charge in [0.15, 0.2) is 4.33 Å². The minimum atomic E-state index is -1.10. The van der Waals surface area contributed by atoms with Gasteiger partial charge in [0, 0.05) is 20.1 Å². The van der Waals surface area contributed by atoms with Crippen molar-refractivity contribution in [3.8, 4) is 0 Å². The molecular formula is C15H12Br2Cl2. The van der Waals surface area contributed by atoms with E-state index in [0.717, 1.165) is 31.2 Å². The van der Waals surface area contributed by atoms with Gasteiger partial charge in [-0.1, -0.05) is 79.3 Å². The van der Waals surface area contributed by atoms with Crippen molar-refractivity contribution in [3.05, 3.63) is 67.6 Å². The van der Waals surface area contributed by atoms with Crippen LogP contribution in [-0.4, -0.2) is 0 Å². The average Bonchev–Trinajstić information content (AvgIpc) is 2.27. The molecule has 0 spiro atoms. The summed E-state index contributed by atoms with van der Waals surface area (Å²) in [6, 6.07) is 11.9. The molecule has 0 saturated heterocycles. The molecule has 19 heavy (non-hydrogen) atoms. The third kappa shape index (κ3) is 3.18. The summed E-state index contributed by atoms with van der Waals surface area (Å²) in [6.45, 7) is 4.06. The van der Waals surface area contributed by atoms with Crippen LogP contribution in [0.4, 0.5) is 0 Å². The second-order valence-electron chi connectivity index (χ2n) is 4.54. The first-order valence-corrected chi connectivity index (χ1v) is 8.07. The molecule has 100 valence electrons. The van der Waals surface area contributed by atoms with Gasteiger partial charge in [-0.15, -0.1) is 0 Å². The second kappa shape index (κ2) is 5.77. The maximum absolute atomic E-state index is 6.61. The fourth-order valence-corrected chi connectivity index (χ4v) is 4.59. The monoisotopic (exact) mass is 420 g/mol. The molecule has 0 bridgehead atoms. The normalized spacial score (nSPS) is 11.7. The number of benzene rings is 2. The lowest BCUT2D eigenvalue weighted by atomic mass is 10.0. The van der Waals surface area contributed by atoms with E-state index in [1.54, 1.807) is 0 Å². The van der Waals surface area contributed by atoms with E-state index in [9.17, 15) is 0 Å². The van der Waals surface area contributed by atoms with Crippen molar-refractivity contribution >= 4 is 55.1 Å². The van der Waals surface area contributed by atoms with E-state index in [1.807, 2.05) is 50.2 Å². The SMILES string of the molecule is Cc1ccc(C(Cl)(Cl)c2ccc(C)cc2Br)c(Br)c1. The van der Waals surface area contributed by atoms with Gasteiger partial charge >= 0.3 is 0 Å². The van der Waals surface area contributed by atoms with Crippen LogP contribution in [0.15, 0.2) is 45.3 Å². The first kappa shape index (κ1) is 15.4. The summed E-state index contributed by atoms with van der Waals surface area (Å²) in [4.78, 5) is 0. The van der Waals surface area contributed by atoms with Crippen LogP contribution < -0.4 is 0 Å². The van der Waals surface area contributed by atoms with Gasteiger partial charge in [-0.05, 0) is 37.1 Å². The maximum Gasteiger partial charge on any atom is 0.170 e. The Morgan fingerprint density at radius 3 is 1.47 bits per heavy atom. The van der Waals surface area contributed by atoms with Gasteiger partial charge in [-0.3, -0.25) is 0 Å². The molecule has 0 aliphatic heterocycles. The highest BCUT2D eigenvalue weighted by Crippen LogP contribution is 2.46. The molecule has 0 fully saturated rings. The zero-order valence-electron chi connectivity index (χ0n) is 10.5. The summed E-state index contributed by atoms with van der Waals surface area (Å²) in [5.41, 5.74) is 3.99. The summed E-state index contributed by atoms with van der Waals surface area (Å²) >= 11 is 20.3. The molecule has 0 N–H and O–H groups in total. The van der Waals surface area contributed by atoms with Gasteiger partial charge in [0.2, 0.25) is 0 Å². The number of halogens is 4. The Balaban J connectivity index is 2.58. The van der Waals surface area contributed by atoms with Crippen molar-refractivity contribution in [2.24, 2.45) is 0 Å². The standard InChI is InChI=1S/C15H12Br2Cl2/c1-9-3-5-11(13(16)7-9)15(18,19)12-6-4-10(2)8-14(12)17/h3-8H,1-2H3. The van der Waals surface area contributed by atoms with Gasteiger partial charge in [0.25, 0.3) is 0 Å². The largest absolute Gasteiger partial charge is 0.170 e. The molecule has 0 saturated carbocycles. The smallest absolute Gasteiger partial charge is 0.0908 e. The fraction of sp³-hybridized carbons (Fsp3) is 0.200. The van der Waals surface area contributed by atoms with Gasteiger partial charge in [-0.2, -0.15) is 0 Å². The summed E-state index contributed by atoms with van der Waals surface area (Å²) in [7, 11) is 0. The summed E-state index contributed by atoms with van der Waals surface area (Å²) in [5.74, 6) is 0. The van der Waals surface area contributed by atoms with Gasteiger partial charge in [0.05, 0.1) is 0 Å². The Bertz CT molecular complexity index is 568. The van der Waals surface area contributed by atoms with E-state index >= 15 is 0 Å². The van der Waals surface area contributed by atoms with Gasteiger partial charge < -0.3 is 0 Å². The second-order valence-corrected chi connectivity index (χ2v) is 7.58. The highest BCUT2D eigenvalue weighted by molar-refractivity contribution is 9.10. The van der Waals surface area contributed by atoms with Crippen LogP contribution in [0.5, 0.6) is 0 Å². The van der Waals surface area contributed by atoms with Crippen molar-refractivity contribution in [2.45, 2.75) is 18.2 Å². The predicted octanol–water partition coefficient (Wildman–Crippen LogP) is 6.51. The van der Waals surface area contributed by atoms with Crippen molar-refractivity contribution in [1.82, 2.24) is 0 Å². The van der Waals surface area contributed by atoms with Crippen LogP contribution >= 0.6 is 55.1 Å². The van der Waals surface area contributed by atoms with E-state index in [4.69, 9.17) is 23.2 Å². The van der Waals surface area contributed by atoms with Crippen molar-refractivity contribution < 1.29 is 0 Å². The molecule has 0 aliphatic carbocycles. The molecule has 2 aromatic carbocycles. The van der Waals surface area contributed by atoms with E-state index < -0.39 is 4.33 Å². The molecular weight excluding hydrogens is 411 g/mol. The highest BCUT2D eigenvalue weighted by Gasteiger charge is 2.32. The summed E-state index contributed by atoms with van der Waals surface area (Å²) in [5, 5.41) is 0. The molecule has 0 amide bonds. The molecule has 0 aliphatic rings. The van der Waals surface area contributed by atoms with Crippen LogP contribution in [0.3, 0.4) is 0 Å². The lowest BCUT2D eigenvalue weighted by Gasteiger charge is -2.24. The minimum Gasteiger partial charge on any atom is -0.0908 e. The molecule has 0 aromatic heterocycles. The molecule has 0 unspecified atom stereocenters. The van der Waals surface area contributed by atoms with E-state index in [0.29, 0.717) is 0 Å². The summed E-state index contributed by atoms with van der Waals surface area (Å²) < 4.78 is 0.717. The van der Waals surface area contributed by atoms with E-state index in [-0.39, 0.29) is 0 Å². The summed E-state index contributed by atoms with van der Waals surface area (Å²) in [6.07, 6.45) is 0. The molecule has 4 heteroatoms. The Hall–Kier alpha value is -0.0200. The Morgan fingerprint density at radius 2 is 1.16 bits per heavy atom.